The van der Waals surface area contributed by atoms with E-state index < -0.39 is 17.5 Å². The highest BCUT2D eigenvalue weighted by atomic mass is 32.2. The maximum Gasteiger partial charge on any atom is 0.293 e. The van der Waals surface area contributed by atoms with E-state index in [1.54, 1.807) is 21.2 Å². The molecular weight excluding hydrogens is 586 g/mol. The summed E-state index contributed by atoms with van der Waals surface area (Å²) in [4.78, 5) is 29.3. The summed E-state index contributed by atoms with van der Waals surface area (Å²) in [6.45, 7) is 3.21. The number of likely N-dealkylation sites (N-methyl/N-ethyl adjacent to an activating group) is 1. The first-order valence-corrected chi connectivity index (χ1v) is 17.2. The van der Waals surface area contributed by atoms with Gasteiger partial charge >= 0.3 is 0 Å². The van der Waals surface area contributed by atoms with Crippen LogP contribution in [-0.4, -0.2) is 77.0 Å². The number of benzene rings is 2. The minimum Gasteiger partial charge on any atom is -0.573 e. The summed E-state index contributed by atoms with van der Waals surface area (Å²) in [5.74, 6) is 0.714. The minimum atomic E-state index is -1.64. The number of hydrogen-bond donors (Lipinski definition) is 2. The third-order valence-electron chi connectivity index (χ3n) is 9.65. The molecule has 2 amide bonds. The molecular formula is C35H45N5O4S. The largest absolute Gasteiger partial charge is 0.573 e. The van der Waals surface area contributed by atoms with Crippen LogP contribution in [0.5, 0.6) is 5.75 Å². The molecule has 2 N–H and O–H groups in total. The molecule has 3 unspecified atom stereocenters. The van der Waals surface area contributed by atoms with Crippen molar-refractivity contribution in [1.29, 1.82) is 0 Å². The van der Waals surface area contributed by atoms with Gasteiger partial charge in [0.2, 0.25) is 0 Å². The van der Waals surface area contributed by atoms with Crippen LogP contribution in [0.2, 0.25) is 0 Å². The highest BCUT2D eigenvalue weighted by Crippen LogP contribution is 2.47. The average Bonchev–Trinajstić information content (AvgIpc) is 3.54. The Kier molecular flexibility index (Phi) is 9.29. The van der Waals surface area contributed by atoms with Crippen molar-refractivity contribution >= 4 is 40.3 Å². The molecule has 1 saturated heterocycles. The van der Waals surface area contributed by atoms with Crippen molar-refractivity contribution in [3.63, 3.8) is 0 Å². The van der Waals surface area contributed by atoms with Gasteiger partial charge in [0.05, 0.1) is 19.3 Å². The molecule has 3 aromatic rings. The molecule has 240 valence electrons. The molecule has 0 spiro atoms. The number of rotatable bonds is 8. The van der Waals surface area contributed by atoms with Crippen molar-refractivity contribution < 1.29 is 18.9 Å². The summed E-state index contributed by atoms with van der Waals surface area (Å²) < 4.78 is 24.3. The van der Waals surface area contributed by atoms with Gasteiger partial charge in [-0.05, 0) is 86.1 Å². The number of ether oxygens (including phenoxy) is 1. The maximum absolute atomic E-state index is 14.2. The Morgan fingerprint density at radius 1 is 1.07 bits per heavy atom. The Morgan fingerprint density at radius 2 is 1.84 bits per heavy atom. The molecule has 3 atom stereocenters. The Balaban J connectivity index is 1.49. The van der Waals surface area contributed by atoms with E-state index in [0.29, 0.717) is 36.2 Å². The van der Waals surface area contributed by atoms with Gasteiger partial charge in [0.15, 0.2) is 11.5 Å². The van der Waals surface area contributed by atoms with E-state index in [9.17, 15) is 14.1 Å². The fraction of sp³-hybridized carbons (Fsp3) is 0.486. The topological polar surface area (TPSA) is 102 Å². The molecule has 1 aliphatic carbocycles. The molecule has 10 heteroatoms. The van der Waals surface area contributed by atoms with Crippen LogP contribution in [0.1, 0.15) is 79.3 Å². The second-order valence-electron chi connectivity index (χ2n) is 13.1. The predicted molar refractivity (Wildman–Crippen MR) is 180 cm³/mol. The second kappa shape index (κ2) is 13.2. The van der Waals surface area contributed by atoms with Crippen LogP contribution in [0.15, 0.2) is 42.0 Å². The Hall–Kier alpha value is -3.31. The number of aromatic nitrogens is 1. The number of amides is 2. The first-order valence-electron chi connectivity index (χ1n) is 16.1. The summed E-state index contributed by atoms with van der Waals surface area (Å²) in [6.07, 6.45) is 10.0. The van der Waals surface area contributed by atoms with Crippen LogP contribution >= 0.6 is 0 Å². The zero-order valence-corrected chi connectivity index (χ0v) is 27.8. The lowest BCUT2D eigenvalue weighted by atomic mass is 9.81. The van der Waals surface area contributed by atoms with Crippen molar-refractivity contribution in [3.05, 3.63) is 58.7 Å². The number of methoxy groups -OCH3 is 1. The lowest BCUT2D eigenvalue weighted by molar-refractivity contribution is -0.126. The molecule has 9 nitrogen and oxygen atoms in total. The third kappa shape index (κ3) is 6.38. The number of carbonyl (C=O) groups excluding carboxylic acids is 2. The van der Waals surface area contributed by atoms with Gasteiger partial charge in [-0.1, -0.05) is 25.3 Å². The van der Waals surface area contributed by atoms with Gasteiger partial charge in [-0.2, -0.15) is 0 Å². The van der Waals surface area contributed by atoms with Crippen LogP contribution in [0.3, 0.4) is 0 Å². The standard InChI is InChI=1S/C35H45N5O4S/c1-22-11-13-27(36-22)21-39(4)35(42)26-17-25-18-28(44-5)14-16-29(25)33-32(23-9-7-6-8-10-23)30-15-12-24(19-31(30)40(33)20-26)34(41)37-45(43)38(2)3/h12,14-19,22-23,27,36H,6-11,13,20-21H2,1-5H3,(H,37,41). The normalized spacial score (nSPS) is 20.7. The first-order chi connectivity index (χ1) is 21.6. The number of nitrogens with zero attached hydrogens (tertiary/aromatic N) is 3. The minimum absolute atomic E-state index is 0.00526. The summed E-state index contributed by atoms with van der Waals surface area (Å²) in [5, 5.41) is 4.71. The van der Waals surface area contributed by atoms with Gasteiger partial charge in [0.1, 0.15) is 5.75 Å². The lowest BCUT2D eigenvalue weighted by Gasteiger charge is -2.24. The van der Waals surface area contributed by atoms with Crippen LogP contribution in [0.25, 0.3) is 28.2 Å². The summed E-state index contributed by atoms with van der Waals surface area (Å²) in [6, 6.07) is 12.6. The summed E-state index contributed by atoms with van der Waals surface area (Å²) in [5.41, 5.74) is 6.44. The quantitative estimate of drug-likeness (QED) is 0.330. The van der Waals surface area contributed by atoms with Crippen molar-refractivity contribution in [2.24, 2.45) is 0 Å². The summed E-state index contributed by atoms with van der Waals surface area (Å²) >= 11 is -1.64. The monoisotopic (exact) mass is 631 g/mol. The number of hydrogen-bond acceptors (Lipinski definition) is 6. The zero-order chi connectivity index (χ0) is 31.8. The molecule has 0 radical (unpaired) electrons. The predicted octanol–water partition coefficient (Wildman–Crippen LogP) is 5.23. The maximum atomic E-state index is 14.2. The Bertz CT molecular complexity index is 1630. The fourth-order valence-electron chi connectivity index (χ4n) is 7.36. The molecule has 1 aromatic heterocycles. The van der Waals surface area contributed by atoms with Gasteiger partial charge in [-0.15, -0.1) is 9.03 Å². The van der Waals surface area contributed by atoms with E-state index >= 15 is 0 Å². The number of carbonyl (C=O) groups is 2. The molecule has 0 bridgehead atoms. The zero-order valence-electron chi connectivity index (χ0n) is 27.0. The van der Waals surface area contributed by atoms with Crippen LogP contribution in [0.4, 0.5) is 0 Å². The van der Waals surface area contributed by atoms with Gasteiger partial charge in [0.25, 0.3) is 11.8 Å². The second-order valence-corrected chi connectivity index (χ2v) is 14.5. The molecule has 3 aliphatic rings. The molecule has 6 rings (SSSR count). The van der Waals surface area contributed by atoms with E-state index in [1.165, 1.54) is 29.1 Å². The SMILES string of the molecule is COc1ccc2c(c1)C=C(C(=O)N(C)CC1CCC(C)N1)Cn1c-2c(C2CCCCC2)c2ccc(C(=O)N[S+]([O-])N(C)C)cc21. The van der Waals surface area contributed by atoms with E-state index in [4.69, 9.17) is 4.74 Å². The van der Waals surface area contributed by atoms with E-state index in [1.807, 2.05) is 48.4 Å². The van der Waals surface area contributed by atoms with E-state index in [-0.39, 0.29) is 11.9 Å². The van der Waals surface area contributed by atoms with Crippen molar-refractivity contribution in [1.82, 2.24) is 23.8 Å². The van der Waals surface area contributed by atoms with Crippen LogP contribution in [-0.2, 0) is 22.9 Å². The van der Waals surface area contributed by atoms with Gasteiger partial charge < -0.3 is 24.1 Å². The molecule has 2 aliphatic heterocycles. The highest BCUT2D eigenvalue weighted by molar-refractivity contribution is 7.87. The lowest BCUT2D eigenvalue weighted by Crippen LogP contribution is -2.41. The third-order valence-corrected chi connectivity index (χ3v) is 10.7. The smallest absolute Gasteiger partial charge is 0.293 e. The van der Waals surface area contributed by atoms with Crippen molar-refractivity contribution in [2.45, 2.75) is 76.4 Å². The van der Waals surface area contributed by atoms with Crippen LogP contribution < -0.4 is 14.8 Å². The number of fused-ring (bicyclic) bond motifs is 5. The Morgan fingerprint density at radius 3 is 2.53 bits per heavy atom. The van der Waals surface area contributed by atoms with E-state index in [0.717, 1.165) is 59.2 Å². The molecule has 2 fully saturated rings. The molecule has 1 saturated carbocycles. The van der Waals surface area contributed by atoms with Gasteiger partial charge in [0, 0.05) is 67.4 Å². The molecule has 2 aromatic carbocycles. The van der Waals surface area contributed by atoms with Crippen molar-refractivity contribution in [2.75, 3.05) is 34.8 Å². The highest BCUT2D eigenvalue weighted by Gasteiger charge is 2.32. The fourth-order valence-corrected chi connectivity index (χ4v) is 7.82. The summed E-state index contributed by atoms with van der Waals surface area (Å²) in [7, 11) is 6.86. The molecule has 45 heavy (non-hydrogen) atoms. The van der Waals surface area contributed by atoms with Gasteiger partial charge in [-0.3, -0.25) is 9.59 Å². The van der Waals surface area contributed by atoms with E-state index in [2.05, 4.69) is 27.6 Å². The van der Waals surface area contributed by atoms with Crippen molar-refractivity contribution in [3.8, 4) is 17.0 Å². The Labute approximate surface area is 269 Å². The first kappa shape index (κ1) is 31.7. The van der Waals surface area contributed by atoms with Gasteiger partial charge in [-0.25, -0.2) is 0 Å². The number of nitrogens with one attached hydrogen (secondary N) is 2. The molecule has 3 heterocycles. The van der Waals surface area contributed by atoms with Crippen LogP contribution in [0, 0.1) is 0 Å². The average molecular weight is 632 g/mol.